The predicted octanol–water partition coefficient (Wildman–Crippen LogP) is 2.76. The summed E-state index contributed by atoms with van der Waals surface area (Å²) < 4.78 is 13.7. The molecule has 0 unspecified atom stereocenters. The Morgan fingerprint density at radius 3 is 2.59 bits per heavy atom. The second-order valence-corrected chi connectivity index (χ2v) is 5.05. The molecule has 17 heavy (non-hydrogen) atoms. The molecule has 3 heteroatoms. The molecule has 0 saturated heterocycles. The Kier molecular flexibility index (Phi) is 5.59. The molecule has 0 spiro atoms. The van der Waals surface area contributed by atoms with E-state index >= 15 is 0 Å². The first-order valence-corrected chi connectivity index (χ1v) is 6.18. The smallest absolute Gasteiger partial charge is 0.128 e. The second kappa shape index (κ2) is 6.72. The second-order valence-electron chi connectivity index (χ2n) is 5.05. The minimum absolute atomic E-state index is 0.149. The highest BCUT2D eigenvalue weighted by Gasteiger charge is 2.07. The standard InChI is InChI=1S/C14H23FN2/c1-11(2)6-7-17(3)10-13-5-4-12(9-16)8-14(13)15/h4-5,8,11H,6-7,9-10,16H2,1-3H3. The lowest BCUT2D eigenvalue weighted by atomic mass is 10.1. The fourth-order valence-electron chi connectivity index (χ4n) is 1.69. The van der Waals surface area contributed by atoms with Gasteiger partial charge in [0, 0.05) is 18.7 Å². The molecule has 0 aliphatic heterocycles. The van der Waals surface area contributed by atoms with Gasteiger partial charge in [-0.25, -0.2) is 4.39 Å². The molecule has 0 radical (unpaired) electrons. The van der Waals surface area contributed by atoms with Crippen molar-refractivity contribution in [2.24, 2.45) is 11.7 Å². The summed E-state index contributed by atoms with van der Waals surface area (Å²) in [6.07, 6.45) is 1.14. The number of nitrogens with two attached hydrogens (primary N) is 1. The van der Waals surface area contributed by atoms with Gasteiger partial charge in [-0.2, -0.15) is 0 Å². The number of hydrogen-bond acceptors (Lipinski definition) is 2. The monoisotopic (exact) mass is 238 g/mol. The van der Waals surface area contributed by atoms with E-state index in [1.165, 1.54) is 6.07 Å². The maximum Gasteiger partial charge on any atom is 0.128 e. The van der Waals surface area contributed by atoms with Gasteiger partial charge in [0.25, 0.3) is 0 Å². The van der Waals surface area contributed by atoms with Crippen molar-refractivity contribution >= 4 is 0 Å². The Hall–Kier alpha value is -0.930. The van der Waals surface area contributed by atoms with E-state index in [1.54, 1.807) is 0 Å². The summed E-state index contributed by atoms with van der Waals surface area (Å²) in [6.45, 7) is 6.44. The topological polar surface area (TPSA) is 29.3 Å². The average Bonchev–Trinajstić information content (AvgIpc) is 2.29. The SMILES string of the molecule is CC(C)CCN(C)Cc1ccc(CN)cc1F. The normalized spacial score (nSPS) is 11.5. The molecule has 0 aliphatic carbocycles. The van der Waals surface area contributed by atoms with E-state index in [4.69, 9.17) is 5.73 Å². The first-order chi connectivity index (χ1) is 8.02. The molecule has 0 bridgehead atoms. The number of benzene rings is 1. The summed E-state index contributed by atoms with van der Waals surface area (Å²) >= 11 is 0. The van der Waals surface area contributed by atoms with Crippen LogP contribution in [0.3, 0.4) is 0 Å². The zero-order chi connectivity index (χ0) is 12.8. The van der Waals surface area contributed by atoms with Crippen molar-refractivity contribution in [3.05, 3.63) is 35.1 Å². The highest BCUT2D eigenvalue weighted by Crippen LogP contribution is 2.13. The summed E-state index contributed by atoms with van der Waals surface area (Å²) in [4.78, 5) is 2.15. The summed E-state index contributed by atoms with van der Waals surface area (Å²) in [6, 6.07) is 5.27. The van der Waals surface area contributed by atoms with Gasteiger partial charge in [0.2, 0.25) is 0 Å². The highest BCUT2D eigenvalue weighted by molar-refractivity contribution is 5.24. The maximum absolute atomic E-state index is 13.7. The van der Waals surface area contributed by atoms with E-state index in [0.29, 0.717) is 19.0 Å². The molecule has 0 saturated carbocycles. The molecule has 0 aromatic heterocycles. The first kappa shape index (κ1) is 14.1. The molecular formula is C14H23FN2. The van der Waals surface area contributed by atoms with Crippen molar-refractivity contribution in [3.63, 3.8) is 0 Å². The summed E-state index contributed by atoms with van der Waals surface area (Å²) in [7, 11) is 2.03. The van der Waals surface area contributed by atoms with Crippen LogP contribution >= 0.6 is 0 Å². The van der Waals surface area contributed by atoms with Gasteiger partial charge >= 0.3 is 0 Å². The quantitative estimate of drug-likeness (QED) is 0.825. The first-order valence-electron chi connectivity index (χ1n) is 6.18. The molecule has 1 aromatic carbocycles. The minimum atomic E-state index is -0.149. The molecule has 0 atom stereocenters. The van der Waals surface area contributed by atoms with Crippen LogP contribution < -0.4 is 5.73 Å². The lowest BCUT2D eigenvalue weighted by molar-refractivity contribution is 0.299. The van der Waals surface area contributed by atoms with E-state index in [-0.39, 0.29) is 5.82 Å². The Labute approximate surface area is 104 Å². The van der Waals surface area contributed by atoms with Gasteiger partial charge in [-0.3, -0.25) is 0 Å². The number of nitrogens with zero attached hydrogens (tertiary/aromatic N) is 1. The lowest BCUT2D eigenvalue weighted by Gasteiger charge is -2.18. The van der Waals surface area contributed by atoms with Gasteiger partial charge < -0.3 is 10.6 Å². The number of rotatable bonds is 6. The Morgan fingerprint density at radius 2 is 2.06 bits per heavy atom. The van der Waals surface area contributed by atoms with Crippen molar-refractivity contribution in [2.45, 2.75) is 33.4 Å². The molecule has 1 aromatic rings. The van der Waals surface area contributed by atoms with E-state index < -0.39 is 0 Å². The third-order valence-electron chi connectivity index (χ3n) is 2.88. The van der Waals surface area contributed by atoms with Crippen molar-refractivity contribution < 1.29 is 4.39 Å². The van der Waals surface area contributed by atoms with Crippen molar-refractivity contribution in [2.75, 3.05) is 13.6 Å². The molecule has 1 rings (SSSR count). The molecule has 2 nitrogen and oxygen atoms in total. The summed E-state index contributed by atoms with van der Waals surface area (Å²) in [5.74, 6) is 0.534. The molecule has 2 N–H and O–H groups in total. The largest absolute Gasteiger partial charge is 0.326 e. The van der Waals surface area contributed by atoms with Gasteiger partial charge in [0.05, 0.1) is 0 Å². The van der Waals surface area contributed by atoms with Crippen LogP contribution in [0.5, 0.6) is 0 Å². The van der Waals surface area contributed by atoms with Crippen LogP contribution in [0.1, 0.15) is 31.4 Å². The van der Waals surface area contributed by atoms with E-state index in [1.807, 2.05) is 19.2 Å². The number of hydrogen-bond donors (Lipinski definition) is 1. The zero-order valence-corrected chi connectivity index (χ0v) is 11.0. The van der Waals surface area contributed by atoms with Crippen molar-refractivity contribution in [1.82, 2.24) is 4.90 Å². The number of halogens is 1. The predicted molar refractivity (Wildman–Crippen MR) is 70.1 cm³/mol. The Balaban J connectivity index is 2.56. The lowest BCUT2D eigenvalue weighted by Crippen LogP contribution is -2.21. The molecule has 0 aliphatic rings. The highest BCUT2D eigenvalue weighted by atomic mass is 19.1. The van der Waals surface area contributed by atoms with Crippen molar-refractivity contribution in [3.8, 4) is 0 Å². The Morgan fingerprint density at radius 1 is 1.35 bits per heavy atom. The molecular weight excluding hydrogens is 215 g/mol. The fraction of sp³-hybridized carbons (Fsp3) is 0.571. The fourth-order valence-corrected chi connectivity index (χ4v) is 1.69. The van der Waals surface area contributed by atoms with Crippen molar-refractivity contribution in [1.29, 1.82) is 0 Å². The van der Waals surface area contributed by atoms with Crippen LogP contribution in [0.2, 0.25) is 0 Å². The summed E-state index contributed by atoms with van der Waals surface area (Å²) in [5.41, 5.74) is 7.06. The van der Waals surface area contributed by atoms with Gasteiger partial charge in [-0.1, -0.05) is 26.0 Å². The maximum atomic E-state index is 13.7. The molecule has 0 fully saturated rings. The average molecular weight is 238 g/mol. The van der Waals surface area contributed by atoms with Gasteiger partial charge in [0.1, 0.15) is 5.82 Å². The van der Waals surface area contributed by atoms with Gasteiger partial charge in [0.15, 0.2) is 0 Å². The third kappa shape index (κ3) is 4.84. The van der Waals surface area contributed by atoms with Gasteiger partial charge in [-0.15, -0.1) is 0 Å². The molecule has 96 valence electrons. The van der Waals surface area contributed by atoms with Crippen LogP contribution in [0.25, 0.3) is 0 Å². The third-order valence-corrected chi connectivity index (χ3v) is 2.88. The molecule has 0 amide bonds. The van der Waals surface area contributed by atoms with E-state index in [2.05, 4.69) is 18.7 Å². The van der Waals surface area contributed by atoms with E-state index in [9.17, 15) is 4.39 Å². The van der Waals surface area contributed by atoms with Crippen LogP contribution in [0, 0.1) is 11.7 Å². The van der Waals surface area contributed by atoms with Crippen LogP contribution in [0.15, 0.2) is 18.2 Å². The van der Waals surface area contributed by atoms with Crippen LogP contribution in [-0.2, 0) is 13.1 Å². The summed E-state index contributed by atoms with van der Waals surface area (Å²) in [5, 5.41) is 0. The van der Waals surface area contributed by atoms with Crippen LogP contribution in [-0.4, -0.2) is 18.5 Å². The van der Waals surface area contributed by atoms with Crippen LogP contribution in [0.4, 0.5) is 4.39 Å². The Bertz CT molecular complexity index is 350. The van der Waals surface area contributed by atoms with Gasteiger partial charge in [-0.05, 0) is 37.6 Å². The minimum Gasteiger partial charge on any atom is -0.326 e. The zero-order valence-electron chi connectivity index (χ0n) is 11.0. The van der Waals surface area contributed by atoms with E-state index in [0.717, 1.165) is 24.1 Å². The molecule has 0 heterocycles.